The Morgan fingerprint density at radius 1 is 1.26 bits per heavy atom. The van der Waals surface area contributed by atoms with Gasteiger partial charge in [0.2, 0.25) is 5.95 Å². The summed E-state index contributed by atoms with van der Waals surface area (Å²) < 4.78 is 5.52. The summed E-state index contributed by atoms with van der Waals surface area (Å²) >= 11 is 0. The zero-order valence-corrected chi connectivity index (χ0v) is 11.9. The van der Waals surface area contributed by atoms with Crippen LogP contribution in [0.5, 0.6) is 0 Å². The van der Waals surface area contributed by atoms with E-state index in [1.807, 2.05) is 0 Å². The molecule has 0 aromatic carbocycles. The lowest BCUT2D eigenvalue weighted by atomic mass is 9.96. The van der Waals surface area contributed by atoms with Crippen LogP contribution in [0.15, 0.2) is 0 Å². The second-order valence-electron chi connectivity index (χ2n) is 5.26. The van der Waals surface area contributed by atoms with Crippen LogP contribution in [-0.2, 0) is 17.6 Å². The van der Waals surface area contributed by atoms with Crippen LogP contribution in [0, 0.1) is 0 Å². The van der Waals surface area contributed by atoms with E-state index in [9.17, 15) is 0 Å². The predicted octanol–water partition coefficient (Wildman–Crippen LogP) is 2.16. The van der Waals surface area contributed by atoms with Gasteiger partial charge >= 0.3 is 0 Å². The quantitative estimate of drug-likeness (QED) is 0.770. The van der Waals surface area contributed by atoms with Crippen LogP contribution < -0.4 is 11.1 Å². The minimum atomic E-state index is 0.294. The molecule has 5 heteroatoms. The summed E-state index contributed by atoms with van der Waals surface area (Å²) in [5.74, 6) is 1.30. The molecule has 2 rings (SSSR count). The molecule has 1 aromatic rings. The highest BCUT2D eigenvalue weighted by Gasteiger charge is 2.16. The monoisotopic (exact) mass is 264 g/mol. The second kappa shape index (κ2) is 6.70. The number of ether oxygens (including phenoxy) is 1. The van der Waals surface area contributed by atoms with Crippen molar-refractivity contribution in [1.29, 1.82) is 0 Å². The first-order chi connectivity index (χ1) is 9.16. The topological polar surface area (TPSA) is 73.1 Å². The van der Waals surface area contributed by atoms with Gasteiger partial charge in [0.15, 0.2) is 0 Å². The summed E-state index contributed by atoms with van der Waals surface area (Å²) in [6.07, 6.45) is 5.75. The van der Waals surface area contributed by atoms with Gasteiger partial charge in [0.1, 0.15) is 5.82 Å². The fourth-order valence-electron chi connectivity index (χ4n) is 2.36. The third-order valence-electron chi connectivity index (χ3n) is 3.27. The van der Waals surface area contributed by atoms with Gasteiger partial charge < -0.3 is 15.8 Å². The number of nitrogens with two attached hydrogens (primary N) is 1. The highest BCUT2D eigenvalue weighted by atomic mass is 16.5. The summed E-state index contributed by atoms with van der Waals surface area (Å²) in [5.41, 5.74) is 8.15. The van der Waals surface area contributed by atoms with E-state index in [1.165, 1.54) is 18.4 Å². The zero-order valence-electron chi connectivity index (χ0n) is 11.9. The van der Waals surface area contributed by atoms with Gasteiger partial charge in [-0.05, 0) is 46.0 Å². The average molecular weight is 264 g/mol. The summed E-state index contributed by atoms with van der Waals surface area (Å²) in [5, 5.41) is 3.38. The van der Waals surface area contributed by atoms with Crippen molar-refractivity contribution in [3.63, 3.8) is 0 Å². The zero-order chi connectivity index (χ0) is 13.7. The highest BCUT2D eigenvalue weighted by Crippen LogP contribution is 2.25. The number of nitrogen functional groups attached to an aromatic ring is 1. The van der Waals surface area contributed by atoms with E-state index < -0.39 is 0 Å². The summed E-state index contributed by atoms with van der Waals surface area (Å²) in [6.45, 7) is 5.73. The Labute approximate surface area is 115 Å². The van der Waals surface area contributed by atoms with Gasteiger partial charge in [-0.15, -0.1) is 0 Å². The first-order valence-corrected chi connectivity index (χ1v) is 7.17. The number of aromatic nitrogens is 2. The van der Waals surface area contributed by atoms with Gasteiger partial charge in [-0.25, -0.2) is 4.98 Å². The van der Waals surface area contributed by atoms with Crippen LogP contribution in [0.4, 0.5) is 11.8 Å². The number of nitrogens with one attached hydrogen (secondary N) is 1. The SMILES string of the molecule is CC(C)OCCCNc1nc(N)nc2c1CCCC2. The van der Waals surface area contributed by atoms with Crippen LogP contribution in [0.25, 0.3) is 0 Å². The van der Waals surface area contributed by atoms with Crippen molar-refractivity contribution in [1.82, 2.24) is 9.97 Å². The van der Waals surface area contributed by atoms with E-state index in [1.54, 1.807) is 0 Å². The lowest BCUT2D eigenvalue weighted by Gasteiger charge is -2.19. The Balaban J connectivity index is 1.90. The molecule has 0 saturated carbocycles. The predicted molar refractivity (Wildman–Crippen MR) is 77.3 cm³/mol. The molecule has 1 heterocycles. The molecule has 0 spiro atoms. The molecule has 0 fully saturated rings. The molecule has 0 radical (unpaired) electrons. The number of hydrogen-bond donors (Lipinski definition) is 2. The fraction of sp³-hybridized carbons (Fsp3) is 0.714. The molecule has 0 bridgehead atoms. The van der Waals surface area contributed by atoms with Crippen molar-refractivity contribution in [2.75, 3.05) is 24.2 Å². The minimum absolute atomic E-state index is 0.294. The Kier molecular flexibility index (Phi) is 4.96. The maximum atomic E-state index is 5.77. The number of hydrogen-bond acceptors (Lipinski definition) is 5. The number of aryl methyl sites for hydroxylation is 1. The smallest absolute Gasteiger partial charge is 0.222 e. The van der Waals surface area contributed by atoms with Crippen LogP contribution in [0.2, 0.25) is 0 Å². The molecule has 0 atom stereocenters. The third kappa shape index (κ3) is 4.06. The molecule has 0 unspecified atom stereocenters. The largest absolute Gasteiger partial charge is 0.379 e. The molecule has 0 amide bonds. The lowest BCUT2D eigenvalue weighted by Crippen LogP contribution is -2.16. The summed E-state index contributed by atoms with van der Waals surface area (Å²) in [4.78, 5) is 8.68. The molecule has 1 aliphatic rings. The van der Waals surface area contributed by atoms with Gasteiger partial charge in [0.05, 0.1) is 11.8 Å². The first-order valence-electron chi connectivity index (χ1n) is 7.17. The maximum Gasteiger partial charge on any atom is 0.222 e. The average Bonchev–Trinajstić information content (AvgIpc) is 2.37. The van der Waals surface area contributed by atoms with Crippen molar-refractivity contribution in [2.45, 2.75) is 52.1 Å². The maximum absolute atomic E-state index is 5.77. The van der Waals surface area contributed by atoms with Crippen LogP contribution >= 0.6 is 0 Å². The van der Waals surface area contributed by atoms with Crippen LogP contribution in [0.3, 0.4) is 0 Å². The van der Waals surface area contributed by atoms with Gasteiger partial charge in [-0.1, -0.05) is 0 Å². The van der Waals surface area contributed by atoms with E-state index in [0.717, 1.165) is 43.9 Å². The molecule has 1 aliphatic carbocycles. The number of nitrogens with zero attached hydrogens (tertiary/aromatic N) is 2. The van der Waals surface area contributed by atoms with E-state index in [-0.39, 0.29) is 0 Å². The lowest BCUT2D eigenvalue weighted by molar-refractivity contribution is 0.0787. The molecule has 3 N–H and O–H groups in total. The first kappa shape index (κ1) is 14.1. The standard InChI is InChI=1S/C14H24N4O/c1-10(2)19-9-5-8-16-13-11-6-3-4-7-12(11)17-14(15)18-13/h10H,3-9H2,1-2H3,(H3,15,16,17,18). The molecular weight excluding hydrogens is 240 g/mol. The normalized spacial score (nSPS) is 14.5. The molecule has 1 aromatic heterocycles. The minimum Gasteiger partial charge on any atom is -0.379 e. The second-order valence-corrected chi connectivity index (χ2v) is 5.26. The third-order valence-corrected chi connectivity index (χ3v) is 3.27. The van der Waals surface area contributed by atoms with Crippen molar-refractivity contribution >= 4 is 11.8 Å². The van der Waals surface area contributed by atoms with Crippen LogP contribution in [0.1, 0.15) is 44.4 Å². The molecule has 0 saturated heterocycles. The summed E-state index contributed by atoms with van der Waals surface area (Å²) in [6, 6.07) is 0. The Morgan fingerprint density at radius 3 is 2.84 bits per heavy atom. The Bertz CT molecular complexity index is 420. The fourth-order valence-corrected chi connectivity index (χ4v) is 2.36. The summed E-state index contributed by atoms with van der Waals surface area (Å²) in [7, 11) is 0. The molecular formula is C14H24N4O. The van der Waals surface area contributed by atoms with Gasteiger partial charge in [0.25, 0.3) is 0 Å². The molecule has 106 valence electrons. The number of rotatable bonds is 6. The molecule has 19 heavy (non-hydrogen) atoms. The highest BCUT2D eigenvalue weighted by molar-refractivity contribution is 5.50. The molecule has 0 aliphatic heterocycles. The van der Waals surface area contributed by atoms with Crippen molar-refractivity contribution in [3.8, 4) is 0 Å². The Morgan fingerprint density at radius 2 is 2.05 bits per heavy atom. The van der Waals surface area contributed by atoms with E-state index in [0.29, 0.717) is 12.1 Å². The Hall–Kier alpha value is -1.36. The van der Waals surface area contributed by atoms with Crippen molar-refractivity contribution in [2.24, 2.45) is 0 Å². The van der Waals surface area contributed by atoms with Gasteiger partial charge in [-0.3, -0.25) is 0 Å². The number of fused-ring (bicyclic) bond motifs is 1. The van der Waals surface area contributed by atoms with Gasteiger partial charge in [-0.2, -0.15) is 4.98 Å². The van der Waals surface area contributed by atoms with Crippen molar-refractivity contribution < 1.29 is 4.74 Å². The number of anilines is 2. The van der Waals surface area contributed by atoms with Gasteiger partial charge in [0, 0.05) is 18.7 Å². The molecule has 5 nitrogen and oxygen atoms in total. The van der Waals surface area contributed by atoms with Crippen molar-refractivity contribution in [3.05, 3.63) is 11.3 Å². The van der Waals surface area contributed by atoms with Crippen LogP contribution in [-0.4, -0.2) is 29.2 Å². The van der Waals surface area contributed by atoms with E-state index in [4.69, 9.17) is 10.5 Å². The van der Waals surface area contributed by atoms with E-state index in [2.05, 4.69) is 29.1 Å². The van der Waals surface area contributed by atoms with E-state index >= 15 is 0 Å².